The van der Waals surface area contributed by atoms with Crippen LogP contribution in [0.4, 0.5) is 0 Å². The van der Waals surface area contributed by atoms with Gasteiger partial charge in [0.15, 0.2) is 0 Å². The molecule has 0 aliphatic heterocycles. The van der Waals surface area contributed by atoms with E-state index in [0.29, 0.717) is 6.42 Å². The molecule has 0 aliphatic rings. The van der Waals surface area contributed by atoms with Crippen molar-refractivity contribution in [2.45, 2.75) is 25.8 Å². The van der Waals surface area contributed by atoms with Gasteiger partial charge in [0.2, 0.25) is 5.91 Å². The van der Waals surface area contributed by atoms with Gasteiger partial charge in [0.1, 0.15) is 5.75 Å². The number of carbonyl (C=O) groups is 1. The van der Waals surface area contributed by atoms with Gasteiger partial charge in [-0.3, -0.25) is 4.79 Å². The van der Waals surface area contributed by atoms with E-state index in [1.54, 1.807) is 19.1 Å². The Bertz CT molecular complexity index is 398. The second-order valence-corrected chi connectivity index (χ2v) is 4.95. The van der Waals surface area contributed by atoms with Crippen LogP contribution in [0, 0.1) is 0 Å². The number of amides is 1. The van der Waals surface area contributed by atoms with E-state index >= 15 is 0 Å². The summed E-state index contributed by atoms with van der Waals surface area (Å²) >= 11 is 0. The average Bonchev–Trinajstić information content (AvgIpc) is 2.38. The fourth-order valence-corrected chi connectivity index (χ4v) is 1.48. The van der Waals surface area contributed by atoms with Crippen LogP contribution in [0.1, 0.15) is 19.4 Å². The van der Waals surface area contributed by atoms with Gasteiger partial charge in [0.05, 0.1) is 25.7 Å². The third kappa shape index (κ3) is 3.47. The molecule has 0 aliphatic carbocycles. The molecule has 0 saturated carbocycles. The molecule has 0 aromatic heterocycles. The predicted molar refractivity (Wildman–Crippen MR) is 70.6 cm³/mol. The Morgan fingerprint density at radius 2 is 1.89 bits per heavy atom. The molecule has 1 aromatic carbocycles. The average molecular weight is 251 g/mol. The van der Waals surface area contributed by atoms with Crippen LogP contribution >= 0.6 is 0 Å². The Morgan fingerprint density at radius 1 is 1.33 bits per heavy atom. The number of likely N-dealkylation sites (N-methyl/N-ethyl adjacent to an activating group) is 1. The molecular weight excluding hydrogens is 230 g/mol. The van der Waals surface area contributed by atoms with Gasteiger partial charge in [0, 0.05) is 7.05 Å². The molecule has 0 spiro atoms. The van der Waals surface area contributed by atoms with Gasteiger partial charge in [-0.2, -0.15) is 0 Å². The highest BCUT2D eigenvalue weighted by molar-refractivity contribution is 5.79. The molecule has 0 fully saturated rings. The molecule has 0 saturated heterocycles. The van der Waals surface area contributed by atoms with Crippen LogP contribution in [0.5, 0.6) is 5.75 Å². The molecule has 0 bridgehead atoms. The number of methoxy groups -OCH3 is 1. The van der Waals surface area contributed by atoms with Crippen LogP contribution < -0.4 is 4.74 Å². The van der Waals surface area contributed by atoms with Crippen LogP contribution in [0.2, 0.25) is 0 Å². The number of ether oxygens (including phenoxy) is 1. The minimum atomic E-state index is -0.538. The standard InChI is InChI=1S/C14H21NO3/c1-14(2,10-16)15(3)13(17)9-11-5-7-12(18-4)8-6-11/h5-8,16H,9-10H2,1-4H3. The highest BCUT2D eigenvalue weighted by Gasteiger charge is 2.26. The van der Waals surface area contributed by atoms with Crippen molar-refractivity contribution in [3.63, 3.8) is 0 Å². The lowest BCUT2D eigenvalue weighted by molar-refractivity contribution is -0.135. The zero-order chi connectivity index (χ0) is 13.8. The van der Waals surface area contributed by atoms with E-state index in [-0.39, 0.29) is 12.5 Å². The molecule has 4 nitrogen and oxygen atoms in total. The molecule has 1 rings (SSSR count). The first-order valence-corrected chi connectivity index (χ1v) is 5.91. The summed E-state index contributed by atoms with van der Waals surface area (Å²) in [5, 5.41) is 9.24. The lowest BCUT2D eigenvalue weighted by atomic mass is 10.0. The fourth-order valence-electron chi connectivity index (χ4n) is 1.48. The Kier molecular flexibility index (Phi) is 4.73. The highest BCUT2D eigenvalue weighted by atomic mass is 16.5. The first-order chi connectivity index (χ1) is 8.40. The summed E-state index contributed by atoms with van der Waals surface area (Å²) in [6.45, 7) is 3.61. The summed E-state index contributed by atoms with van der Waals surface area (Å²) in [7, 11) is 3.32. The second-order valence-electron chi connectivity index (χ2n) is 4.95. The summed E-state index contributed by atoms with van der Waals surface area (Å²) in [6, 6.07) is 7.41. The molecule has 0 unspecified atom stereocenters. The topological polar surface area (TPSA) is 49.8 Å². The van der Waals surface area contributed by atoms with Crippen molar-refractivity contribution < 1.29 is 14.6 Å². The lowest BCUT2D eigenvalue weighted by Gasteiger charge is -2.34. The number of benzene rings is 1. The lowest BCUT2D eigenvalue weighted by Crippen LogP contribution is -2.48. The number of aliphatic hydroxyl groups excluding tert-OH is 1. The molecule has 4 heteroatoms. The van der Waals surface area contributed by atoms with Crippen LogP contribution in [0.25, 0.3) is 0 Å². The molecule has 1 aromatic rings. The predicted octanol–water partition coefficient (Wildman–Crippen LogP) is 1.47. The highest BCUT2D eigenvalue weighted by Crippen LogP contribution is 2.15. The maximum Gasteiger partial charge on any atom is 0.227 e. The first-order valence-electron chi connectivity index (χ1n) is 5.91. The second kappa shape index (κ2) is 5.87. The van der Waals surface area contributed by atoms with E-state index in [1.807, 2.05) is 38.1 Å². The molecule has 0 heterocycles. The van der Waals surface area contributed by atoms with Crippen molar-refractivity contribution in [2.24, 2.45) is 0 Å². The molecule has 18 heavy (non-hydrogen) atoms. The molecule has 1 amide bonds. The van der Waals surface area contributed by atoms with Crippen molar-refractivity contribution in [3.8, 4) is 5.75 Å². The number of rotatable bonds is 5. The maximum atomic E-state index is 12.1. The first kappa shape index (κ1) is 14.5. The Morgan fingerprint density at radius 3 is 2.33 bits per heavy atom. The quantitative estimate of drug-likeness (QED) is 0.862. The van der Waals surface area contributed by atoms with E-state index in [0.717, 1.165) is 11.3 Å². The minimum Gasteiger partial charge on any atom is -0.497 e. The normalized spacial score (nSPS) is 11.2. The summed E-state index contributed by atoms with van der Waals surface area (Å²) in [4.78, 5) is 13.6. The van der Waals surface area contributed by atoms with E-state index < -0.39 is 5.54 Å². The molecule has 0 atom stereocenters. The number of aliphatic hydroxyl groups is 1. The molecule has 0 radical (unpaired) electrons. The van der Waals surface area contributed by atoms with Crippen molar-refractivity contribution in [1.29, 1.82) is 0 Å². The van der Waals surface area contributed by atoms with Crippen molar-refractivity contribution in [3.05, 3.63) is 29.8 Å². The third-order valence-electron chi connectivity index (χ3n) is 3.18. The van der Waals surface area contributed by atoms with Crippen molar-refractivity contribution in [1.82, 2.24) is 4.90 Å². The third-order valence-corrected chi connectivity index (χ3v) is 3.18. The maximum absolute atomic E-state index is 12.1. The monoisotopic (exact) mass is 251 g/mol. The molecule has 100 valence electrons. The van der Waals surface area contributed by atoms with Crippen LogP contribution in [-0.2, 0) is 11.2 Å². The fraction of sp³-hybridized carbons (Fsp3) is 0.500. The van der Waals surface area contributed by atoms with Gasteiger partial charge in [-0.05, 0) is 31.5 Å². The summed E-state index contributed by atoms with van der Waals surface area (Å²) in [6.07, 6.45) is 0.323. The van der Waals surface area contributed by atoms with Gasteiger partial charge in [-0.1, -0.05) is 12.1 Å². The van der Waals surface area contributed by atoms with Gasteiger partial charge in [0.25, 0.3) is 0 Å². The van der Waals surface area contributed by atoms with Gasteiger partial charge in [-0.15, -0.1) is 0 Å². The zero-order valence-corrected chi connectivity index (χ0v) is 11.4. The minimum absolute atomic E-state index is 0.0146. The molecule has 1 N–H and O–H groups in total. The van der Waals surface area contributed by atoms with Crippen LogP contribution in [0.3, 0.4) is 0 Å². The Labute approximate surface area is 108 Å². The smallest absolute Gasteiger partial charge is 0.227 e. The zero-order valence-electron chi connectivity index (χ0n) is 11.4. The summed E-state index contributed by atoms with van der Waals surface area (Å²) in [5.41, 5.74) is 0.394. The summed E-state index contributed by atoms with van der Waals surface area (Å²) < 4.78 is 5.06. The number of carbonyl (C=O) groups excluding carboxylic acids is 1. The summed E-state index contributed by atoms with van der Waals surface area (Å²) in [5.74, 6) is 0.759. The van der Waals surface area contributed by atoms with Crippen LogP contribution in [-0.4, -0.2) is 42.2 Å². The van der Waals surface area contributed by atoms with Gasteiger partial charge >= 0.3 is 0 Å². The van der Waals surface area contributed by atoms with Gasteiger partial charge < -0.3 is 14.7 Å². The van der Waals surface area contributed by atoms with Crippen molar-refractivity contribution >= 4 is 5.91 Å². The van der Waals surface area contributed by atoms with E-state index in [4.69, 9.17) is 4.74 Å². The number of hydrogen-bond donors (Lipinski definition) is 1. The largest absolute Gasteiger partial charge is 0.497 e. The SMILES string of the molecule is COc1ccc(CC(=O)N(C)C(C)(C)CO)cc1. The van der Waals surface area contributed by atoms with Crippen molar-refractivity contribution in [2.75, 3.05) is 20.8 Å². The van der Waals surface area contributed by atoms with Crippen LogP contribution in [0.15, 0.2) is 24.3 Å². The van der Waals surface area contributed by atoms with E-state index in [2.05, 4.69) is 0 Å². The van der Waals surface area contributed by atoms with Gasteiger partial charge in [-0.25, -0.2) is 0 Å². The number of hydrogen-bond acceptors (Lipinski definition) is 3. The Hall–Kier alpha value is -1.55. The molecular formula is C14H21NO3. The number of nitrogens with zero attached hydrogens (tertiary/aromatic N) is 1. The Balaban J connectivity index is 2.69. The van der Waals surface area contributed by atoms with E-state index in [1.165, 1.54) is 0 Å². The van der Waals surface area contributed by atoms with E-state index in [9.17, 15) is 9.90 Å².